The highest BCUT2D eigenvalue weighted by molar-refractivity contribution is 7.91. The third-order valence-electron chi connectivity index (χ3n) is 3.15. The summed E-state index contributed by atoms with van der Waals surface area (Å²) in [6, 6.07) is 1.29. The fourth-order valence-corrected chi connectivity index (χ4v) is 3.53. The first-order valence-electron chi connectivity index (χ1n) is 5.88. The van der Waals surface area contributed by atoms with Crippen molar-refractivity contribution in [1.29, 1.82) is 0 Å². The maximum absolute atomic E-state index is 12.0. The first-order valence-corrected chi connectivity index (χ1v) is 8.30. The van der Waals surface area contributed by atoms with Crippen LogP contribution in [0, 0.1) is 5.92 Å². The zero-order valence-electron chi connectivity index (χ0n) is 10.5. The number of nitrogens with two attached hydrogens (primary N) is 1. The predicted molar refractivity (Wildman–Crippen MR) is 71.5 cm³/mol. The van der Waals surface area contributed by atoms with E-state index in [9.17, 15) is 13.2 Å². The fourth-order valence-electron chi connectivity index (χ4n) is 1.94. The molecular formula is C11H16N2O4S2. The van der Waals surface area contributed by atoms with Crippen LogP contribution >= 0.6 is 11.3 Å². The van der Waals surface area contributed by atoms with E-state index >= 15 is 0 Å². The zero-order chi connectivity index (χ0) is 14.0. The van der Waals surface area contributed by atoms with Gasteiger partial charge in [0.2, 0.25) is 10.0 Å². The van der Waals surface area contributed by atoms with Crippen LogP contribution in [0.3, 0.4) is 0 Å². The van der Waals surface area contributed by atoms with Crippen LogP contribution in [-0.2, 0) is 14.8 Å². The van der Waals surface area contributed by atoms with Gasteiger partial charge in [0, 0.05) is 23.9 Å². The van der Waals surface area contributed by atoms with Gasteiger partial charge in [-0.3, -0.25) is 4.79 Å². The van der Waals surface area contributed by atoms with Crippen LogP contribution in [0.1, 0.15) is 23.7 Å². The molecule has 2 rings (SSSR count). The second kappa shape index (κ2) is 5.58. The molecule has 1 saturated heterocycles. The van der Waals surface area contributed by atoms with Crippen molar-refractivity contribution >= 4 is 27.3 Å². The molecular weight excluding hydrogens is 288 g/mol. The molecule has 19 heavy (non-hydrogen) atoms. The topological polar surface area (TPSA) is 98.5 Å². The SMILES string of the molecule is CC(NC(=O)c1csc(S(N)(=O)=O)c1)C1CCOC1. The normalized spacial score (nSPS) is 21.3. The average molecular weight is 304 g/mol. The molecule has 1 aromatic heterocycles. The number of ether oxygens (including phenoxy) is 1. The Morgan fingerprint density at radius 3 is 2.89 bits per heavy atom. The molecule has 0 spiro atoms. The largest absolute Gasteiger partial charge is 0.381 e. The Morgan fingerprint density at radius 1 is 1.63 bits per heavy atom. The molecule has 0 bridgehead atoms. The molecule has 1 amide bonds. The van der Waals surface area contributed by atoms with Crippen LogP contribution in [0.15, 0.2) is 15.7 Å². The van der Waals surface area contributed by atoms with Crippen LogP contribution in [0.5, 0.6) is 0 Å². The molecule has 2 heterocycles. The molecule has 0 saturated carbocycles. The van der Waals surface area contributed by atoms with Gasteiger partial charge in [-0.15, -0.1) is 11.3 Å². The summed E-state index contributed by atoms with van der Waals surface area (Å²) < 4.78 is 27.5. The minimum atomic E-state index is -3.74. The number of hydrogen-bond acceptors (Lipinski definition) is 5. The number of amides is 1. The highest BCUT2D eigenvalue weighted by atomic mass is 32.2. The molecule has 2 atom stereocenters. The molecule has 3 N–H and O–H groups in total. The number of carbonyl (C=O) groups excluding carboxylic acids is 1. The van der Waals surface area contributed by atoms with Crippen LogP contribution < -0.4 is 10.5 Å². The third-order valence-corrected chi connectivity index (χ3v) is 5.54. The van der Waals surface area contributed by atoms with Gasteiger partial charge in [0.25, 0.3) is 5.91 Å². The molecule has 2 unspecified atom stereocenters. The molecule has 106 valence electrons. The van der Waals surface area contributed by atoms with E-state index in [0.29, 0.717) is 18.1 Å². The highest BCUT2D eigenvalue weighted by Crippen LogP contribution is 2.20. The fraction of sp³-hybridized carbons (Fsp3) is 0.545. The van der Waals surface area contributed by atoms with Gasteiger partial charge < -0.3 is 10.1 Å². The number of hydrogen-bond donors (Lipinski definition) is 2. The minimum absolute atomic E-state index is 0.00509. The number of thiophene rings is 1. The van der Waals surface area contributed by atoms with Gasteiger partial charge in [-0.25, -0.2) is 13.6 Å². The molecule has 0 aliphatic carbocycles. The van der Waals surface area contributed by atoms with E-state index < -0.39 is 10.0 Å². The third kappa shape index (κ3) is 3.53. The van der Waals surface area contributed by atoms with Crippen molar-refractivity contribution in [3.8, 4) is 0 Å². The van der Waals surface area contributed by atoms with E-state index in [1.807, 2.05) is 6.92 Å². The monoisotopic (exact) mass is 304 g/mol. The van der Waals surface area contributed by atoms with E-state index in [0.717, 1.165) is 24.4 Å². The van der Waals surface area contributed by atoms with E-state index in [1.54, 1.807) is 0 Å². The summed E-state index contributed by atoms with van der Waals surface area (Å²) in [5, 5.41) is 9.35. The highest BCUT2D eigenvalue weighted by Gasteiger charge is 2.24. The maximum atomic E-state index is 12.0. The van der Waals surface area contributed by atoms with Crippen molar-refractivity contribution in [2.75, 3.05) is 13.2 Å². The van der Waals surface area contributed by atoms with Crippen molar-refractivity contribution in [3.05, 3.63) is 17.0 Å². The van der Waals surface area contributed by atoms with Crippen molar-refractivity contribution in [1.82, 2.24) is 5.32 Å². The number of nitrogens with one attached hydrogen (secondary N) is 1. The Hall–Kier alpha value is -0.960. The lowest BCUT2D eigenvalue weighted by atomic mass is 10.0. The summed E-state index contributed by atoms with van der Waals surface area (Å²) in [5.41, 5.74) is 0.319. The van der Waals surface area contributed by atoms with E-state index in [2.05, 4.69) is 5.32 Å². The maximum Gasteiger partial charge on any atom is 0.252 e. The number of carbonyl (C=O) groups is 1. The lowest BCUT2D eigenvalue weighted by Crippen LogP contribution is -2.38. The lowest BCUT2D eigenvalue weighted by Gasteiger charge is -2.18. The van der Waals surface area contributed by atoms with Crippen LogP contribution in [0.4, 0.5) is 0 Å². The summed E-state index contributed by atoms with van der Waals surface area (Å²) in [4.78, 5) is 12.0. The van der Waals surface area contributed by atoms with Crippen LogP contribution in [0.2, 0.25) is 0 Å². The number of rotatable bonds is 4. The average Bonchev–Trinajstić information content (AvgIpc) is 3.00. The van der Waals surface area contributed by atoms with E-state index in [-0.39, 0.29) is 16.2 Å². The second-order valence-electron chi connectivity index (χ2n) is 4.59. The van der Waals surface area contributed by atoms with Gasteiger partial charge in [0.1, 0.15) is 4.21 Å². The Bertz CT molecular complexity index is 561. The Balaban J connectivity index is 2.01. The summed E-state index contributed by atoms with van der Waals surface area (Å²) >= 11 is 0.946. The lowest BCUT2D eigenvalue weighted by molar-refractivity contribution is 0.0922. The first kappa shape index (κ1) is 14.4. The van der Waals surface area contributed by atoms with Crippen molar-refractivity contribution in [2.24, 2.45) is 11.1 Å². The van der Waals surface area contributed by atoms with Gasteiger partial charge in [-0.2, -0.15) is 0 Å². The summed E-state index contributed by atoms with van der Waals surface area (Å²) in [5.74, 6) is 0.0193. The van der Waals surface area contributed by atoms with Crippen LogP contribution in [0.25, 0.3) is 0 Å². The van der Waals surface area contributed by atoms with Crippen molar-refractivity contribution in [2.45, 2.75) is 23.6 Å². The second-order valence-corrected chi connectivity index (χ2v) is 7.28. The van der Waals surface area contributed by atoms with Gasteiger partial charge in [-0.05, 0) is 19.4 Å². The Labute approximate surface area is 116 Å². The predicted octanol–water partition coefficient (Wildman–Crippen LogP) is 0.550. The Kier molecular flexibility index (Phi) is 4.24. The molecule has 1 fully saturated rings. The summed E-state index contributed by atoms with van der Waals surface area (Å²) in [7, 11) is -3.74. The van der Waals surface area contributed by atoms with Gasteiger partial charge >= 0.3 is 0 Å². The molecule has 8 heteroatoms. The molecule has 0 aromatic carbocycles. The van der Waals surface area contributed by atoms with E-state index in [4.69, 9.17) is 9.88 Å². The number of sulfonamides is 1. The summed E-state index contributed by atoms with van der Waals surface area (Å²) in [6.07, 6.45) is 0.924. The van der Waals surface area contributed by atoms with E-state index in [1.165, 1.54) is 11.4 Å². The standard InChI is InChI=1S/C11H16N2O4S2/c1-7(8-2-3-17-5-8)13-11(14)9-4-10(18-6-9)19(12,15)16/h4,6-8H,2-3,5H2,1H3,(H,13,14)(H2,12,15,16). The van der Waals surface area contributed by atoms with Crippen molar-refractivity contribution < 1.29 is 17.9 Å². The Morgan fingerprint density at radius 2 is 2.37 bits per heavy atom. The zero-order valence-corrected chi connectivity index (χ0v) is 12.1. The smallest absolute Gasteiger partial charge is 0.252 e. The molecule has 1 aliphatic heterocycles. The van der Waals surface area contributed by atoms with Gasteiger partial charge in [0.15, 0.2) is 0 Å². The quantitative estimate of drug-likeness (QED) is 0.848. The van der Waals surface area contributed by atoms with Crippen molar-refractivity contribution in [3.63, 3.8) is 0 Å². The summed E-state index contributed by atoms with van der Waals surface area (Å²) in [6.45, 7) is 3.29. The van der Waals surface area contributed by atoms with Gasteiger partial charge in [0.05, 0.1) is 12.2 Å². The first-order chi connectivity index (χ1) is 8.88. The minimum Gasteiger partial charge on any atom is -0.381 e. The molecule has 0 radical (unpaired) electrons. The molecule has 1 aromatic rings. The van der Waals surface area contributed by atoms with Crippen LogP contribution in [-0.4, -0.2) is 33.6 Å². The molecule has 1 aliphatic rings. The number of primary sulfonamides is 1. The van der Waals surface area contributed by atoms with Gasteiger partial charge in [-0.1, -0.05) is 0 Å². The molecule has 6 nitrogen and oxygen atoms in total.